The summed E-state index contributed by atoms with van der Waals surface area (Å²) in [5, 5.41) is 0. The topological polar surface area (TPSA) is 20.9 Å². The van der Waals surface area contributed by atoms with Crippen molar-refractivity contribution in [1.29, 1.82) is 0 Å². The molecule has 0 radical (unpaired) electrons. The van der Waals surface area contributed by atoms with Crippen molar-refractivity contribution in [3.63, 3.8) is 0 Å². The first-order chi connectivity index (χ1) is 7.75. The van der Waals surface area contributed by atoms with Crippen LogP contribution < -0.4 is 21.5 Å². The Hall–Kier alpha value is -1.000. The monoisotopic (exact) mass is 355 g/mol. The number of halogens is 2. The van der Waals surface area contributed by atoms with Crippen LogP contribution in [0.15, 0.2) is 59.3 Å². The molecule has 88 valence electrons. The van der Waals surface area contributed by atoms with Crippen LogP contribution in [0.4, 0.5) is 0 Å². The molecule has 2 aromatic rings. The van der Waals surface area contributed by atoms with Gasteiger partial charge in [-0.25, -0.2) is 0 Å². The fourth-order valence-corrected chi connectivity index (χ4v) is 1.70. The number of nitrogens with zero attached hydrogens (tertiary/aromatic N) is 1. The molecular formula is C13H11Br2NO. The van der Waals surface area contributed by atoms with Gasteiger partial charge < -0.3 is 17.0 Å². The van der Waals surface area contributed by atoms with Crippen molar-refractivity contribution in [3.05, 3.63) is 64.9 Å². The largest absolute Gasteiger partial charge is 1.00 e. The minimum Gasteiger partial charge on any atom is -1.00 e. The number of rotatable bonds is 3. The number of benzene rings is 1. The van der Waals surface area contributed by atoms with Gasteiger partial charge in [-0.05, 0) is 12.1 Å². The molecule has 1 aromatic carbocycles. The maximum absolute atomic E-state index is 11.9. The summed E-state index contributed by atoms with van der Waals surface area (Å²) in [5.74, 6) is 0.115. The van der Waals surface area contributed by atoms with Crippen LogP contribution >= 0.6 is 15.9 Å². The van der Waals surface area contributed by atoms with E-state index in [1.165, 1.54) is 0 Å². The van der Waals surface area contributed by atoms with Gasteiger partial charge in [-0.15, -0.1) is 0 Å². The third kappa shape index (κ3) is 4.06. The molecule has 0 N–H and O–H groups in total. The molecule has 0 aliphatic heterocycles. The molecule has 0 amide bonds. The molecule has 0 fully saturated rings. The highest BCUT2D eigenvalue weighted by Crippen LogP contribution is 2.10. The molecule has 1 aromatic heterocycles. The Morgan fingerprint density at radius 1 is 1.06 bits per heavy atom. The van der Waals surface area contributed by atoms with Crippen molar-refractivity contribution < 1.29 is 26.3 Å². The maximum atomic E-state index is 11.9. The quantitative estimate of drug-likeness (QED) is 0.542. The molecule has 0 aliphatic rings. The Balaban J connectivity index is 0.00000144. The van der Waals surface area contributed by atoms with Crippen LogP contribution in [-0.2, 0) is 6.54 Å². The highest BCUT2D eigenvalue weighted by atomic mass is 79.9. The minimum atomic E-state index is 0. The van der Waals surface area contributed by atoms with Gasteiger partial charge in [-0.3, -0.25) is 4.79 Å². The van der Waals surface area contributed by atoms with E-state index in [2.05, 4.69) is 15.9 Å². The summed E-state index contributed by atoms with van der Waals surface area (Å²) in [6, 6.07) is 13.2. The fraction of sp³-hybridized carbons (Fsp3) is 0.0769. The smallest absolute Gasteiger partial charge is 0.227 e. The van der Waals surface area contributed by atoms with E-state index in [4.69, 9.17) is 0 Å². The van der Waals surface area contributed by atoms with Crippen LogP contribution in [0.2, 0.25) is 0 Å². The molecule has 0 unspecified atom stereocenters. The number of Topliss-reactive ketones (excluding diaryl/α,β-unsaturated/α-hetero) is 1. The van der Waals surface area contributed by atoms with Gasteiger partial charge in [0, 0.05) is 22.2 Å². The SMILES string of the molecule is O=C(C[n+]1ccccc1)c1ccc(Br)cc1.[Br-]. The lowest BCUT2D eigenvalue weighted by Gasteiger charge is -1.98. The first-order valence-electron chi connectivity index (χ1n) is 4.98. The van der Waals surface area contributed by atoms with Crippen LogP contribution in [0.5, 0.6) is 0 Å². The van der Waals surface area contributed by atoms with Crippen LogP contribution in [0, 0.1) is 0 Å². The molecule has 17 heavy (non-hydrogen) atoms. The van der Waals surface area contributed by atoms with Crippen molar-refractivity contribution in [1.82, 2.24) is 0 Å². The van der Waals surface area contributed by atoms with E-state index in [1.807, 2.05) is 59.4 Å². The zero-order valence-electron chi connectivity index (χ0n) is 9.01. The second-order valence-corrected chi connectivity index (χ2v) is 4.39. The second-order valence-electron chi connectivity index (χ2n) is 3.48. The summed E-state index contributed by atoms with van der Waals surface area (Å²) >= 11 is 3.34. The van der Waals surface area contributed by atoms with E-state index in [0.717, 1.165) is 10.0 Å². The summed E-state index contributed by atoms with van der Waals surface area (Å²) in [4.78, 5) is 11.9. The highest BCUT2D eigenvalue weighted by Gasteiger charge is 2.10. The lowest BCUT2D eigenvalue weighted by molar-refractivity contribution is -0.683. The van der Waals surface area contributed by atoms with E-state index in [9.17, 15) is 4.79 Å². The van der Waals surface area contributed by atoms with Gasteiger partial charge in [0.15, 0.2) is 12.4 Å². The standard InChI is InChI=1S/C13H11BrNO.BrH/c14-12-6-4-11(5-7-12)13(16)10-15-8-2-1-3-9-15;/h1-9H,10H2;1H/q+1;/p-1. The van der Waals surface area contributed by atoms with Crippen molar-refractivity contribution in [2.45, 2.75) is 6.54 Å². The van der Waals surface area contributed by atoms with Crippen molar-refractivity contribution in [2.24, 2.45) is 0 Å². The first kappa shape index (κ1) is 14.1. The van der Waals surface area contributed by atoms with Gasteiger partial charge in [0.25, 0.3) is 0 Å². The molecule has 0 saturated carbocycles. The van der Waals surface area contributed by atoms with Crippen LogP contribution in [0.25, 0.3) is 0 Å². The molecule has 0 saturated heterocycles. The molecule has 0 atom stereocenters. The number of hydrogen-bond donors (Lipinski definition) is 0. The van der Waals surface area contributed by atoms with Crippen LogP contribution in [0.3, 0.4) is 0 Å². The zero-order chi connectivity index (χ0) is 11.4. The van der Waals surface area contributed by atoms with Crippen molar-refractivity contribution in [3.8, 4) is 0 Å². The third-order valence-corrected chi connectivity index (χ3v) is 2.80. The Bertz CT molecular complexity index is 483. The zero-order valence-corrected chi connectivity index (χ0v) is 12.2. The molecule has 2 nitrogen and oxygen atoms in total. The van der Waals surface area contributed by atoms with Gasteiger partial charge in [0.1, 0.15) is 0 Å². The average Bonchev–Trinajstić information content (AvgIpc) is 2.31. The van der Waals surface area contributed by atoms with Crippen molar-refractivity contribution >= 4 is 21.7 Å². The molecule has 1 heterocycles. The number of carbonyl (C=O) groups excluding carboxylic acids is 1. The normalized spacial score (nSPS) is 9.47. The van der Waals surface area contributed by atoms with E-state index in [0.29, 0.717) is 6.54 Å². The maximum Gasteiger partial charge on any atom is 0.227 e. The first-order valence-corrected chi connectivity index (χ1v) is 5.78. The summed E-state index contributed by atoms with van der Waals surface area (Å²) in [6.45, 7) is 0.377. The van der Waals surface area contributed by atoms with E-state index in [1.54, 1.807) is 0 Å². The Morgan fingerprint density at radius 2 is 1.65 bits per heavy atom. The Kier molecular flexibility index (Phi) is 5.51. The number of hydrogen-bond acceptors (Lipinski definition) is 1. The van der Waals surface area contributed by atoms with Gasteiger partial charge in [0.05, 0.1) is 0 Å². The predicted octanol–water partition coefficient (Wildman–Crippen LogP) is -0.377. The van der Waals surface area contributed by atoms with Crippen LogP contribution in [-0.4, -0.2) is 5.78 Å². The van der Waals surface area contributed by atoms with Gasteiger partial charge in [-0.2, -0.15) is 4.57 Å². The summed E-state index contributed by atoms with van der Waals surface area (Å²) in [5.41, 5.74) is 0.736. The number of aromatic nitrogens is 1. The van der Waals surface area contributed by atoms with Gasteiger partial charge >= 0.3 is 0 Å². The number of pyridine rings is 1. The molecule has 2 rings (SSSR count). The summed E-state index contributed by atoms with van der Waals surface area (Å²) in [7, 11) is 0. The number of carbonyl (C=O) groups is 1. The Morgan fingerprint density at radius 3 is 2.24 bits per heavy atom. The van der Waals surface area contributed by atoms with E-state index >= 15 is 0 Å². The fourth-order valence-electron chi connectivity index (χ4n) is 1.43. The predicted molar refractivity (Wildman–Crippen MR) is 65.1 cm³/mol. The van der Waals surface area contributed by atoms with Crippen molar-refractivity contribution in [2.75, 3.05) is 0 Å². The summed E-state index contributed by atoms with van der Waals surface area (Å²) in [6.07, 6.45) is 3.77. The third-order valence-electron chi connectivity index (χ3n) is 2.27. The average molecular weight is 357 g/mol. The molecule has 0 aliphatic carbocycles. The van der Waals surface area contributed by atoms with E-state index in [-0.39, 0.29) is 22.8 Å². The van der Waals surface area contributed by atoms with Gasteiger partial charge in [-0.1, -0.05) is 34.1 Å². The lowest BCUT2D eigenvalue weighted by Crippen LogP contribution is -3.00. The second kappa shape index (κ2) is 6.67. The molecular weight excluding hydrogens is 346 g/mol. The molecule has 4 heteroatoms. The lowest BCUT2D eigenvalue weighted by atomic mass is 10.1. The summed E-state index contributed by atoms with van der Waals surface area (Å²) < 4.78 is 2.85. The molecule has 0 spiro atoms. The minimum absolute atomic E-state index is 0. The van der Waals surface area contributed by atoms with E-state index < -0.39 is 0 Å². The highest BCUT2D eigenvalue weighted by molar-refractivity contribution is 9.10. The van der Waals surface area contributed by atoms with Crippen LogP contribution in [0.1, 0.15) is 10.4 Å². The van der Waals surface area contributed by atoms with Gasteiger partial charge in [0.2, 0.25) is 12.3 Å². The Labute approximate surface area is 119 Å². The molecule has 0 bridgehead atoms. The number of ketones is 1.